The third kappa shape index (κ3) is 2.95. The van der Waals surface area contributed by atoms with Crippen molar-refractivity contribution in [3.05, 3.63) is 35.6 Å². The van der Waals surface area contributed by atoms with Crippen LogP contribution >= 0.6 is 0 Å². The predicted molar refractivity (Wildman–Crippen MR) is 70.9 cm³/mol. The molecule has 1 aromatic rings. The Balaban J connectivity index is 1.72. The maximum atomic E-state index is 13.2. The largest absolute Gasteiger partial charge is 0.335 e. The number of halogens is 1. The van der Waals surface area contributed by atoms with E-state index in [9.17, 15) is 9.18 Å². The molecule has 1 saturated carbocycles. The number of rotatable bonds is 4. The Kier molecular flexibility index (Phi) is 3.51. The summed E-state index contributed by atoms with van der Waals surface area (Å²) in [5, 5.41) is 3.23. The first kappa shape index (κ1) is 12.6. The highest BCUT2D eigenvalue weighted by atomic mass is 19.1. The maximum Gasteiger partial charge on any atom is 0.227 e. The summed E-state index contributed by atoms with van der Waals surface area (Å²) in [6.45, 7) is 2.25. The molecule has 1 aliphatic carbocycles. The lowest BCUT2D eigenvalue weighted by atomic mass is 10.1. The summed E-state index contributed by atoms with van der Waals surface area (Å²) in [6.07, 6.45) is 3.09. The van der Waals surface area contributed by atoms with Crippen LogP contribution in [0.5, 0.6) is 0 Å². The molecule has 0 bridgehead atoms. The number of nitrogens with one attached hydrogen (secondary N) is 1. The van der Waals surface area contributed by atoms with Crippen LogP contribution in [0.15, 0.2) is 24.3 Å². The van der Waals surface area contributed by atoms with Crippen LogP contribution in [-0.2, 0) is 11.3 Å². The van der Waals surface area contributed by atoms with Crippen LogP contribution < -0.4 is 5.32 Å². The molecule has 0 aromatic heterocycles. The fraction of sp³-hybridized carbons (Fsp3) is 0.533. The lowest BCUT2D eigenvalue weighted by molar-refractivity contribution is -0.136. The number of nitrogens with zero attached hydrogens (tertiary/aromatic N) is 1. The van der Waals surface area contributed by atoms with Gasteiger partial charge in [0, 0.05) is 19.1 Å². The van der Waals surface area contributed by atoms with Gasteiger partial charge in [-0.25, -0.2) is 4.39 Å². The van der Waals surface area contributed by atoms with Crippen LogP contribution in [0.2, 0.25) is 0 Å². The average molecular weight is 262 g/mol. The third-order valence-corrected chi connectivity index (χ3v) is 3.92. The summed E-state index contributed by atoms with van der Waals surface area (Å²) in [6, 6.07) is 6.93. The smallest absolute Gasteiger partial charge is 0.227 e. The Bertz CT molecular complexity index is 467. The maximum absolute atomic E-state index is 13.2. The standard InChI is InChI=1S/C15H19FN2O/c16-13-3-1-2-11(8-13)10-18(14-4-5-14)15(19)12-6-7-17-9-12/h1-3,8,12,14,17H,4-7,9-10H2. The summed E-state index contributed by atoms with van der Waals surface area (Å²) in [4.78, 5) is 14.5. The zero-order valence-electron chi connectivity index (χ0n) is 10.9. The molecular weight excluding hydrogens is 243 g/mol. The van der Waals surface area contributed by atoms with Gasteiger partial charge in [-0.05, 0) is 43.5 Å². The van der Waals surface area contributed by atoms with Gasteiger partial charge in [0.2, 0.25) is 5.91 Å². The molecule has 1 aromatic carbocycles. The molecule has 1 amide bonds. The number of benzene rings is 1. The first-order valence-electron chi connectivity index (χ1n) is 6.99. The fourth-order valence-corrected chi connectivity index (χ4v) is 2.71. The van der Waals surface area contributed by atoms with Crippen molar-refractivity contribution in [2.75, 3.05) is 13.1 Å². The second-order valence-corrected chi connectivity index (χ2v) is 5.52. The average Bonchev–Trinajstić information content (AvgIpc) is 3.09. The molecule has 2 aliphatic rings. The van der Waals surface area contributed by atoms with E-state index in [0.29, 0.717) is 12.6 Å². The molecule has 1 aliphatic heterocycles. The molecule has 102 valence electrons. The van der Waals surface area contributed by atoms with Gasteiger partial charge < -0.3 is 10.2 Å². The predicted octanol–water partition coefficient (Wildman–Crippen LogP) is 1.93. The molecule has 0 radical (unpaired) electrons. The van der Waals surface area contributed by atoms with E-state index >= 15 is 0 Å². The minimum atomic E-state index is -0.233. The summed E-state index contributed by atoms with van der Waals surface area (Å²) >= 11 is 0. The van der Waals surface area contributed by atoms with Gasteiger partial charge in [0.25, 0.3) is 0 Å². The van der Waals surface area contributed by atoms with Gasteiger partial charge in [-0.2, -0.15) is 0 Å². The highest BCUT2D eigenvalue weighted by molar-refractivity contribution is 5.80. The minimum absolute atomic E-state index is 0.106. The SMILES string of the molecule is O=C(C1CCNC1)N(Cc1cccc(F)c1)C1CC1. The normalized spacial score (nSPS) is 22.5. The van der Waals surface area contributed by atoms with Crippen molar-refractivity contribution in [2.45, 2.75) is 31.8 Å². The Morgan fingerprint density at radius 1 is 1.37 bits per heavy atom. The topological polar surface area (TPSA) is 32.3 Å². The van der Waals surface area contributed by atoms with Crippen molar-refractivity contribution < 1.29 is 9.18 Å². The Hall–Kier alpha value is -1.42. The van der Waals surface area contributed by atoms with Gasteiger partial charge >= 0.3 is 0 Å². The van der Waals surface area contributed by atoms with Crippen LogP contribution in [-0.4, -0.2) is 29.9 Å². The first-order valence-corrected chi connectivity index (χ1v) is 6.99. The van der Waals surface area contributed by atoms with Crippen LogP contribution in [0.25, 0.3) is 0 Å². The molecule has 1 heterocycles. The minimum Gasteiger partial charge on any atom is -0.335 e. The lowest BCUT2D eigenvalue weighted by Crippen LogP contribution is -2.38. The number of hydrogen-bond donors (Lipinski definition) is 1. The molecule has 1 unspecified atom stereocenters. The highest BCUT2D eigenvalue weighted by Gasteiger charge is 2.36. The Labute approximate surface area is 112 Å². The number of carbonyl (C=O) groups is 1. The molecule has 4 heteroatoms. The van der Waals surface area contributed by atoms with Crippen LogP contribution in [0.4, 0.5) is 4.39 Å². The van der Waals surface area contributed by atoms with E-state index in [1.807, 2.05) is 11.0 Å². The quantitative estimate of drug-likeness (QED) is 0.899. The number of amides is 1. The Morgan fingerprint density at radius 2 is 2.21 bits per heavy atom. The fourth-order valence-electron chi connectivity index (χ4n) is 2.71. The summed E-state index contributed by atoms with van der Waals surface area (Å²) in [7, 11) is 0. The van der Waals surface area contributed by atoms with Crippen molar-refractivity contribution in [1.29, 1.82) is 0 Å². The monoisotopic (exact) mass is 262 g/mol. The van der Waals surface area contributed by atoms with Crippen molar-refractivity contribution in [2.24, 2.45) is 5.92 Å². The highest BCUT2D eigenvalue weighted by Crippen LogP contribution is 2.30. The van der Waals surface area contributed by atoms with E-state index in [0.717, 1.165) is 37.9 Å². The molecule has 1 atom stereocenters. The van der Waals surface area contributed by atoms with E-state index < -0.39 is 0 Å². The number of carbonyl (C=O) groups excluding carboxylic acids is 1. The van der Waals surface area contributed by atoms with Gasteiger partial charge in [0.1, 0.15) is 5.82 Å². The summed E-state index contributed by atoms with van der Waals surface area (Å²) in [5.41, 5.74) is 0.881. The van der Waals surface area contributed by atoms with Crippen LogP contribution in [0.1, 0.15) is 24.8 Å². The summed E-state index contributed by atoms with van der Waals surface area (Å²) < 4.78 is 13.2. The molecule has 1 N–H and O–H groups in total. The zero-order valence-corrected chi connectivity index (χ0v) is 10.9. The first-order chi connectivity index (χ1) is 9.24. The van der Waals surface area contributed by atoms with Crippen molar-refractivity contribution in [3.8, 4) is 0 Å². The number of hydrogen-bond acceptors (Lipinski definition) is 2. The lowest BCUT2D eigenvalue weighted by Gasteiger charge is -2.25. The van der Waals surface area contributed by atoms with E-state index in [2.05, 4.69) is 5.32 Å². The molecule has 1 saturated heterocycles. The van der Waals surface area contributed by atoms with Crippen LogP contribution in [0.3, 0.4) is 0 Å². The molecule has 0 spiro atoms. The van der Waals surface area contributed by atoms with Crippen molar-refractivity contribution in [3.63, 3.8) is 0 Å². The van der Waals surface area contributed by atoms with E-state index in [4.69, 9.17) is 0 Å². The molecule has 3 rings (SSSR count). The van der Waals surface area contributed by atoms with E-state index in [1.54, 1.807) is 6.07 Å². The van der Waals surface area contributed by atoms with Gasteiger partial charge in [-0.1, -0.05) is 12.1 Å². The summed E-state index contributed by atoms with van der Waals surface area (Å²) in [5.74, 6) is 0.106. The van der Waals surface area contributed by atoms with Gasteiger partial charge in [0.15, 0.2) is 0 Å². The molecular formula is C15H19FN2O. The molecule has 19 heavy (non-hydrogen) atoms. The van der Waals surface area contributed by atoms with E-state index in [-0.39, 0.29) is 17.6 Å². The van der Waals surface area contributed by atoms with Crippen LogP contribution in [0, 0.1) is 11.7 Å². The van der Waals surface area contributed by atoms with Gasteiger partial charge in [-0.15, -0.1) is 0 Å². The van der Waals surface area contributed by atoms with Gasteiger partial charge in [0.05, 0.1) is 5.92 Å². The molecule has 3 nitrogen and oxygen atoms in total. The van der Waals surface area contributed by atoms with Gasteiger partial charge in [-0.3, -0.25) is 4.79 Å². The third-order valence-electron chi connectivity index (χ3n) is 3.92. The van der Waals surface area contributed by atoms with Crippen molar-refractivity contribution in [1.82, 2.24) is 10.2 Å². The Morgan fingerprint density at radius 3 is 2.84 bits per heavy atom. The zero-order chi connectivity index (χ0) is 13.2. The van der Waals surface area contributed by atoms with Crippen molar-refractivity contribution >= 4 is 5.91 Å². The van der Waals surface area contributed by atoms with E-state index in [1.165, 1.54) is 12.1 Å². The second kappa shape index (κ2) is 5.29. The second-order valence-electron chi connectivity index (χ2n) is 5.52. The molecule has 2 fully saturated rings.